The monoisotopic (exact) mass is 288 g/mol. The van der Waals surface area contributed by atoms with Crippen LogP contribution in [0.4, 0.5) is 4.79 Å². The molecule has 1 atom stereocenters. The van der Waals surface area contributed by atoms with Crippen LogP contribution in [0.25, 0.3) is 0 Å². The Hall–Kier alpha value is -2.39. The predicted octanol–water partition coefficient (Wildman–Crippen LogP) is 1.22. The van der Waals surface area contributed by atoms with Crippen LogP contribution in [0.2, 0.25) is 0 Å². The zero-order chi connectivity index (χ0) is 15.8. The SMILES string of the molecule is CCNC(=O)NC(=O)C(C)N(C)Cc1cccc(C#N)c1. The Balaban J connectivity index is 2.61. The highest BCUT2D eigenvalue weighted by Gasteiger charge is 2.19. The van der Waals surface area contributed by atoms with E-state index in [1.165, 1.54) is 0 Å². The third kappa shape index (κ3) is 5.24. The van der Waals surface area contributed by atoms with Gasteiger partial charge in [0.1, 0.15) is 0 Å². The molecule has 6 nitrogen and oxygen atoms in total. The van der Waals surface area contributed by atoms with Crippen molar-refractivity contribution in [1.82, 2.24) is 15.5 Å². The first-order valence-electron chi connectivity index (χ1n) is 6.76. The van der Waals surface area contributed by atoms with Gasteiger partial charge < -0.3 is 5.32 Å². The molecule has 0 saturated carbocycles. The van der Waals surface area contributed by atoms with Crippen LogP contribution in [0, 0.1) is 11.3 Å². The van der Waals surface area contributed by atoms with E-state index >= 15 is 0 Å². The second-order valence-corrected chi connectivity index (χ2v) is 4.75. The van der Waals surface area contributed by atoms with Gasteiger partial charge in [0.05, 0.1) is 17.7 Å². The molecule has 1 rings (SSSR count). The number of likely N-dealkylation sites (N-methyl/N-ethyl adjacent to an activating group) is 1. The number of amides is 3. The number of nitriles is 1. The number of rotatable bonds is 5. The molecule has 2 N–H and O–H groups in total. The van der Waals surface area contributed by atoms with Crippen molar-refractivity contribution in [3.63, 3.8) is 0 Å². The maximum absolute atomic E-state index is 11.9. The lowest BCUT2D eigenvalue weighted by atomic mass is 10.1. The minimum atomic E-state index is -0.491. The standard InChI is InChI=1S/C15H20N4O2/c1-4-17-15(21)18-14(20)11(2)19(3)10-13-7-5-6-12(8-13)9-16/h5-8,11H,4,10H2,1-3H3,(H2,17,18,20,21). The summed E-state index contributed by atoms with van der Waals surface area (Å²) in [6.45, 7) is 4.48. The maximum atomic E-state index is 11.9. The minimum absolute atomic E-state index is 0.361. The van der Waals surface area contributed by atoms with E-state index in [4.69, 9.17) is 5.26 Å². The van der Waals surface area contributed by atoms with Crippen LogP contribution in [0.3, 0.4) is 0 Å². The van der Waals surface area contributed by atoms with Crippen molar-refractivity contribution < 1.29 is 9.59 Å². The Labute approximate surface area is 124 Å². The van der Waals surface area contributed by atoms with E-state index in [1.54, 1.807) is 39.1 Å². The first-order chi connectivity index (χ1) is 9.97. The van der Waals surface area contributed by atoms with Gasteiger partial charge in [-0.1, -0.05) is 12.1 Å². The fraction of sp³-hybridized carbons (Fsp3) is 0.400. The molecule has 0 heterocycles. The molecule has 21 heavy (non-hydrogen) atoms. The van der Waals surface area contributed by atoms with Gasteiger partial charge in [0, 0.05) is 13.1 Å². The van der Waals surface area contributed by atoms with E-state index in [-0.39, 0.29) is 5.91 Å². The second-order valence-electron chi connectivity index (χ2n) is 4.75. The van der Waals surface area contributed by atoms with E-state index in [0.717, 1.165) is 5.56 Å². The smallest absolute Gasteiger partial charge is 0.321 e. The molecule has 0 aromatic heterocycles. The van der Waals surface area contributed by atoms with Gasteiger partial charge in [-0.25, -0.2) is 4.79 Å². The highest BCUT2D eigenvalue weighted by atomic mass is 16.2. The number of nitrogens with zero attached hydrogens (tertiary/aromatic N) is 2. The predicted molar refractivity (Wildman–Crippen MR) is 79.3 cm³/mol. The van der Waals surface area contributed by atoms with E-state index in [0.29, 0.717) is 18.7 Å². The molecular weight excluding hydrogens is 268 g/mol. The van der Waals surface area contributed by atoms with Crippen molar-refractivity contribution in [2.75, 3.05) is 13.6 Å². The van der Waals surface area contributed by atoms with Crippen molar-refractivity contribution in [1.29, 1.82) is 5.26 Å². The molecule has 1 aromatic rings. The highest BCUT2D eigenvalue weighted by molar-refractivity contribution is 5.96. The number of carbonyl (C=O) groups is 2. The Morgan fingerprint density at radius 1 is 1.43 bits per heavy atom. The molecule has 1 unspecified atom stereocenters. The zero-order valence-electron chi connectivity index (χ0n) is 12.5. The number of nitrogens with one attached hydrogen (secondary N) is 2. The summed E-state index contributed by atoms with van der Waals surface area (Å²) in [4.78, 5) is 25.1. The molecule has 3 amide bonds. The Morgan fingerprint density at radius 2 is 2.14 bits per heavy atom. The number of urea groups is 1. The van der Waals surface area contributed by atoms with Gasteiger partial charge in [0.25, 0.3) is 0 Å². The van der Waals surface area contributed by atoms with Gasteiger partial charge in [-0.05, 0) is 38.6 Å². The molecule has 112 valence electrons. The van der Waals surface area contributed by atoms with Gasteiger partial charge in [0.15, 0.2) is 0 Å². The molecule has 0 radical (unpaired) electrons. The molecule has 0 fully saturated rings. The van der Waals surface area contributed by atoms with Gasteiger partial charge in [-0.3, -0.25) is 15.0 Å². The summed E-state index contributed by atoms with van der Waals surface area (Å²) in [5.41, 5.74) is 1.52. The van der Waals surface area contributed by atoms with E-state index in [2.05, 4.69) is 16.7 Å². The van der Waals surface area contributed by atoms with Crippen LogP contribution in [-0.4, -0.2) is 36.5 Å². The van der Waals surface area contributed by atoms with Crippen LogP contribution < -0.4 is 10.6 Å². The summed E-state index contributed by atoms with van der Waals surface area (Å²) in [7, 11) is 1.79. The second kappa shape index (κ2) is 8.02. The number of hydrogen-bond donors (Lipinski definition) is 2. The fourth-order valence-corrected chi connectivity index (χ4v) is 1.79. The lowest BCUT2D eigenvalue weighted by molar-refractivity contribution is -0.124. The topological polar surface area (TPSA) is 85.2 Å². The lowest BCUT2D eigenvalue weighted by Crippen LogP contribution is -2.48. The number of benzene rings is 1. The molecule has 0 saturated heterocycles. The highest BCUT2D eigenvalue weighted by Crippen LogP contribution is 2.09. The average Bonchev–Trinajstić information content (AvgIpc) is 2.46. The van der Waals surface area contributed by atoms with Crippen molar-refractivity contribution in [3.05, 3.63) is 35.4 Å². The van der Waals surface area contributed by atoms with Crippen LogP contribution in [-0.2, 0) is 11.3 Å². The van der Waals surface area contributed by atoms with Crippen molar-refractivity contribution >= 4 is 11.9 Å². The van der Waals surface area contributed by atoms with Crippen molar-refractivity contribution in [3.8, 4) is 6.07 Å². The van der Waals surface area contributed by atoms with Crippen molar-refractivity contribution in [2.45, 2.75) is 26.4 Å². The van der Waals surface area contributed by atoms with E-state index in [9.17, 15) is 9.59 Å². The fourth-order valence-electron chi connectivity index (χ4n) is 1.79. The summed E-state index contributed by atoms with van der Waals surface area (Å²) in [5.74, 6) is -0.361. The van der Waals surface area contributed by atoms with Crippen LogP contribution in [0.15, 0.2) is 24.3 Å². The Kier molecular flexibility index (Phi) is 6.37. The van der Waals surface area contributed by atoms with E-state index in [1.807, 2.05) is 11.0 Å². The molecule has 0 aliphatic heterocycles. The summed E-state index contributed by atoms with van der Waals surface area (Å²) in [6.07, 6.45) is 0. The van der Waals surface area contributed by atoms with Gasteiger partial charge in [-0.2, -0.15) is 5.26 Å². The molecule has 1 aromatic carbocycles. The third-order valence-corrected chi connectivity index (χ3v) is 3.10. The maximum Gasteiger partial charge on any atom is 0.321 e. The van der Waals surface area contributed by atoms with Crippen LogP contribution >= 0.6 is 0 Å². The molecular formula is C15H20N4O2. The van der Waals surface area contributed by atoms with Gasteiger partial charge in [0.2, 0.25) is 5.91 Å². The first kappa shape index (κ1) is 16.7. The van der Waals surface area contributed by atoms with Gasteiger partial charge in [-0.15, -0.1) is 0 Å². The summed E-state index contributed by atoms with van der Waals surface area (Å²) >= 11 is 0. The van der Waals surface area contributed by atoms with Crippen LogP contribution in [0.5, 0.6) is 0 Å². The lowest BCUT2D eigenvalue weighted by Gasteiger charge is -2.23. The summed E-state index contributed by atoms with van der Waals surface area (Å²) < 4.78 is 0. The first-order valence-corrected chi connectivity index (χ1v) is 6.76. The third-order valence-electron chi connectivity index (χ3n) is 3.10. The molecule has 6 heteroatoms. The Bertz CT molecular complexity index is 551. The Morgan fingerprint density at radius 3 is 2.76 bits per heavy atom. The molecule has 0 aliphatic rings. The van der Waals surface area contributed by atoms with Crippen molar-refractivity contribution in [2.24, 2.45) is 0 Å². The number of hydrogen-bond acceptors (Lipinski definition) is 4. The quantitative estimate of drug-likeness (QED) is 0.853. The largest absolute Gasteiger partial charge is 0.338 e. The molecule has 0 spiro atoms. The minimum Gasteiger partial charge on any atom is -0.338 e. The summed E-state index contributed by atoms with van der Waals surface area (Å²) in [5, 5.41) is 13.7. The van der Waals surface area contributed by atoms with Gasteiger partial charge >= 0.3 is 6.03 Å². The zero-order valence-corrected chi connectivity index (χ0v) is 12.5. The number of imide groups is 1. The normalized spacial score (nSPS) is 11.6. The molecule has 0 aliphatic carbocycles. The molecule has 0 bridgehead atoms. The number of carbonyl (C=O) groups excluding carboxylic acids is 2. The van der Waals surface area contributed by atoms with E-state index < -0.39 is 12.1 Å². The van der Waals surface area contributed by atoms with Crippen LogP contribution in [0.1, 0.15) is 25.0 Å². The average molecular weight is 288 g/mol. The summed E-state index contributed by atoms with van der Waals surface area (Å²) in [6, 6.07) is 8.35.